The molecule has 1 saturated carbocycles. The van der Waals surface area contributed by atoms with Crippen molar-refractivity contribution in [1.29, 1.82) is 0 Å². The van der Waals surface area contributed by atoms with Crippen molar-refractivity contribution in [2.75, 3.05) is 59.0 Å². The van der Waals surface area contributed by atoms with E-state index in [9.17, 15) is 24.6 Å². The summed E-state index contributed by atoms with van der Waals surface area (Å²) in [6, 6.07) is 6.23. The Hall–Kier alpha value is -3.30. The van der Waals surface area contributed by atoms with Crippen LogP contribution in [0.15, 0.2) is 36.4 Å². The zero-order valence-corrected chi connectivity index (χ0v) is 40.2. The lowest BCUT2D eigenvalue weighted by atomic mass is 9.47. The van der Waals surface area contributed by atoms with Gasteiger partial charge >= 0.3 is 17.9 Å². The second-order valence-electron chi connectivity index (χ2n) is 18.4. The maximum atomic E-state index is 15.5. The Morgan fingerprint density at radius 3 is 2.35 bits per heavy atom. The average Bonchev–Trinajstić information content (AvgIpc) is 3.92. The summed E-state index contributed by atoms with van der Waals surface area (Å²) in [6.07, 6.45) is 5.81. The molecule has 5 aliphatic heterocycles. The summed E-state index contributed by atoms with van der Waals surface area (Å²) in [5.41, 5.74) is -3.18. The van der Waals surface area contributed by atoms with Crippen LogP contribution in [0.25, 0.3) is 10.9 Å². The molecule has 62 heavy (non-hydrogen) atoms. The maximum Gasteiger partial charge on any atom is 0.344 e. The van der Waals surface area contributed by atoms with Gasteiger partial charge in [0.05, 0.1) is 38.7 Å². The van der Waals surface area contributed by atoms with Gasteiger partial charge in [0.2, 0.25) is 12.0 Å². The average molecular weight is 1080 g/mol. The molecule has 1 spiro atoms. The molecule has 1 aromatic heterocycles. The summed E-state index contributed by atoms with van der Waals surface area (Å²) >= 11 is 4.67. The molecule has 9 rings (SSSR count). The number of hydrogen-bond acceptors (Lipinski definition) is 12. The van der Waals surface area contributed by atoms with Crippen LogP contribution >= 0.6 is 45.2 Å². The topological polar surface area (TPSA) is 171 Å². The number of nitrogens with zero attached hydrogens (tertiary/aromatic N) is 3. The van der Waals surface area contributed by atoms with E-state index in [1.165, 1.54) is 33.2 Å². The van der Waals surface area contributed by atoms with E-state index >= 15 is 4.79 Å². The molecule has 2 saturated heterocycles. The van der Waals surface area contributed by atoms with E-state index in [4.69, 9.17) is 18.9 Å². The van der Waals surface area contributed by atoms with Gasteiger partial charge in [-0.25, -0.2) is 4.79 Å². The molecule has 3 fully saturated rings. The number of piperidine rings is 1. The number of rotatable bonds is 8. The number of nitrogens with one attached hydrogen (secondary N) is 1. The first-order chi connectivity index (χ1) is 29.6. The fourth-order valence-electron chi connectivity index (χ4n) is 13.4. The van der Waals surface area contributed by atoms with Crippen LogP contribution < -0.4 is 9.64 Å². The van der Waals surface area contributed by atoms with Crippen molar-refractivity contribution < 1.29 is 48.3 Å². The largest absolute Gasteiger partial charge is 0.496 e. The lowest BCUT2D eigenvalue weighted by Gasteiger charge is -2.63. The molecule has 16 heteroatoms. The van der Waals surface area contributed by atoms with E-state index in [0.29, 0.717) is 99.5 Å². The predicted octanol–water partition coefficient (Wildman–Crippen LogP) is 4.73. The number of hydrogen-bond donors (Lipinski definition) is 3. The highest BCUT2D eigenvalue weighted by Gasteiger charge is 2.81. The summed E-state index contributed by atoms with van der Waals surface area (Å²) in [5, 5.41) is 26.4. The second kappa shape index (κ2) is 15.4. The number of esters is 3. The van der Waals surface area contributed by atoms with Gasteiger partial charge < -0.3 is 39.0 Å². The molecule has 14 nitrogen and oxygen atoms in total. The maximum absolute atomic E-state index is 15.5. The number of ether oxygens (including phenoxy) is 4. The third-order valence-corrected chi connectivity index (χ3v) is 18.5. The number of fused-ring (bicyclic) bond motifs is 6. The highest BCUT2D eigenvalue weighted by Crippen LogP contribution is 2.68. The van der Waals surface area contributed by atoms with E-state index in [1.807, 2.05) is 32.1 Å². The second-order valence-corrected chi connectivity index (χ2v) is 20.7. The molecule has 1 aliphatic carbocycles. The first kappa shape index (κ1) is 43.9. The quantitative estimate of drug-likeness (QED) is 0.0934. The number of carbonyl (C=O) groups is 4. The molecule has 3 aromatic rings. The summed E-state index contributed by atoms with van der Waals surface area (Å²) in [7, 11) is 4.10. The van der Waals surface area contributed by atoms with Crippen molar-refractivity contribution in [3.63, 3.8) is 0 Å². The Morgan fingerprint density at radius 1 is 0.952 bits per heavy atom. The first-order valence-corrected chi connectivity index (χ1v) is 23.6. The minimum atomic E-state index is -2.54. The molecule has 6 heterocycles. The van der Waals surface area contributed by atoms with Crippen LogP contribution in [0.3, 0.4) is 0 Å². The van der Waals surface area contributed by atoms with E-state index in [1.54, 1.807) is 6.07 Å². The molecular weight excluding hydrogens is 1020 g/mol. The van der Waals surface area contributed by atoms with Crippen molar-refractivity contribution in [3.8, 4) is 5.75 Å². The van der Waals surface area contributed by atoms with Crippen LogP contribution in [0.5, 0.6) is 5.75 Å². The molecule has 3 N–H and O–H groups in total. The number of aromatic nitrogens is 1. The summed E-state index contributed by atoms with van der Waals surface area (Å²) < 4.78 is 25.9. The number of benzene rings is 2. The van der Waals surface area contributed by atoms with Gasteiger partial charge in [-0.15, -0.1) is 0 Å². The first-order valence-electron chi connectivity index (χ1n) is 21.5. The van der Waals surface area contributed by atoms with Crippen molar-refractivity contribution >= 4 is 86.1 Å². The molecule has 1 amide bonds. The summed E-state index contributed by atoms with van der Waals surface area (Å²) in [4.78, 5) is 66.5. The van der Waals surface area contributed by atoms with Gasteiger partial charge in [0.15, 0.2) is 6.10 Å². The van der Waals surface area contributed by atoms with Crippen molar-refractivity contribution in [2.24, 2.45) is 11.3 Å². The zero-order valence-electron chi connectivity index (χ0n) is 35.9. The number of carbonyl (C=O) groups excluding carboxylic acids is 4. The van der Waals surface area contributed by atoms with Crippen LogP contribution in [-0.2, 0) is 50.6 Å². The van der Waals surface area contributed by atoms with Crippen LogP contribution in [0.2, 0.25) is 0 Å². The lowest BCUT2D eigenvalue weighted by molar-refractivity contribution is -0.228. The number of anilines is 1. The molecule has 2 bridgehead atoms. The standard InChI is InChI=1S/C46H54I2N4O10/c1-7-42(57)20-26-21-45(40(55)60-5,36-27(10-14-50(22-26)23-42)28-16-31(47)32(48)18-33(28)49-36)30-17-29-34(19-35(30)59-4)52(24-53)38-44(29)12-15-51-13-9-11-43(8-2,37(44)51)39(62-25(3)54)46(38,58)41(56)61-6/h9,11,16-19,24,26,37-39,49,57-58H,7-8,10,12-15,20-23H2,1-6H3/t26-,37+,38-,39-,42+,43-,44-,45+,46+/m1/s1. The zero-order chi connectivity index (χ0) is 44.3. The van der Waals surface area contributed by atoms with Crippen LogP contribution in [0.4, 0.5) is 5.69 Å². The Morgan fingerprint density at radius 2 is 1.69 bits per heavy atom. The van der Waals surface area contributed by atoms with Crippen LogP contribution in [-0.4, -0.2) is 133 Å². The molecule has 1 unspecified atom stereocenters. The van der Waals surface area contributed by atoms with E-state index in [0.717, 1.165) is 23.6 Å². The molecular formula is C46H54I2N4O10. The number of amides is 1. The molecule has 0 radical (unpaired) electrons. The molecule has 10 atom stereocenters. The van der Waals surface area contributed by atoms with Crippen molar-refractivity contribution in [1.82, 2.24) is 14.8 Å². The fourth-order valence-corrected chi connectivity index (χ4v) is 14.3. The van der Waals surface area contributed by atoms with Crippen molar-refractivity contribution in [2.45, 2.75) is 99.5 Å². The van der Waals surface area contributed by atoms with E-state index in [-0.39, 0.29) is 12.3 Å². The minimum absolute atomic E-state index is 0.164. The molecule has 332 valence electrons. The number of H-pyrrole nitrogens is 1. The third kappa shape index (κ3) is 5.83. The Bertz CT molecular complexity index is 2420. The monoisotopic (exact) mass is 1080 g/mol. The lowest BCUT2D eigenvalue weighted by Crippen LogP contribution is -2.81. The van der Waals surface area contributed by atoms with Gasteiger partial charge in [-0.1, -0.05) is 26.0 Å². The molecule has 6 aliphatic rings. The Balaban J connectivity index is 1.39. The predicted molar refractivity (Wildman–Crippen MR) is 246 cm³/mol. The van der Waals surface area contributed by atoms with E-state index < -0.39 is 63.5 Å². The number of aliphatic hydroxyl groups is 2. The highest BCUT2D eigenvalue weighted by molar-refractivity contribution is 14.1. The van der Waals surface area contributed by atoms with Gasteiger partial charge in [-0.3, -0.25) is 24.2 Å². The van der Waals surface area contributed by atoms with Crippen LogP contribution in [0.1, 0.15) is 75.3 Å². The fraction of sp³-hybridized carbons (Fsp3) is 0.565. The van der Waals surface area contributed by atoms with Gasteiger partial charge in [-0.05, 0) is 125 Å². The minimum Gasteiger partial charge on any atom is -0.496 e. The Labute approximate surface area is 388 Å². The summed E-state index contributed by atoms with van der Waals surface area (Å²) in [5.74, 6) is -2.08. The number of halogens is 2. The molecule has 2 aromatic carbocycles. The SMILES string of the molecule is CC[C@]1(O)C[C@H]2CN(CCc3c([nH]c4cc(I)c(I)cc34)[C@@](C(=O)OC)(c3cc4c(cc3OC)N(C=O)[C@H]3[C@@](O)(C(=O)OC)[C@H](OC(C)=O)[C@]5(CC)C=CCN6CC[C@]43[C@@H]65)C2)C1. The van der Waals surface area contributed by atoms with Crippen molar-refractivity contribution in [3.05, 3.63) is 65.9 Å². The van der Waals surface area contributed by atoms with E-state index in [2.05, 4.69) is 72.1 Å². The van der Waals surface area contributed by atoms with Gasteiger partial charge in [-0.2, -0.15) is 0 Å². The Kier molecular flexibility index (Phi) is 10.9. The highest BCUT2D eigenvalue weighted by atomic mass is 127. The smallest absolute Gasteiger partial charge is 0.344 e. The van der Waals surface area contributed by atoms with Gasteiger partial charge in [0.25, 0.3) is 0 Å². The normalized spacial score (nSPS) is 35.7. The number of aromatic amines is 1. The summed E-state index contributed by atoms with van der Waals surface area (Å²) in [6.45, 7) is 8.15. The van der Waals surface area contributed by atoms with Gasteiger partial charge in [0, 0.05) is 85.3 Å². The third-order valence-electron chi connectivity index (χ3n) is 15.6. The van der Waals surface area contributed by atoms with Crippen LogP contribution in [0, 0.1) is 18.5 Å². The van der Waals surface area contributed by atoms with Gasteiger partial charge in [0.1, 0.15) is 11.2 Å². The number of methoxy groups -OCH3 is 3.